The first-order chi connectivity index (χ1) is 16.3. The number of ether oxygens (including phenoxy) is 1. The minimum Gasteiger partial charge on any atom is -0.460 e. The third-order valence-corrected chi connectivity index (χ3v) is 7.79. The average Bonchev–Trinajstić information content (AvgIpc) is 3.10. The van der Waals surface area contributed by atoms with Gasteiger partial charge in [-0.1, -0.05) is 11.3 Å². The van der Waals surface area contributed by atoms with E-state index in [9.17, 15) is 18.0 Å². The molecule has 0 aromatic carbocycles. The Hall–Kier alpha value is -2.20. The van der Waals surface area contributed by atoms with Gasteiger partial charge in [-0.05, 0) is 70.0 Å². The van der Waals surface area contributed by atoms with Gasteiger partial charge in [-0.25, -0.2) is 4.98 Å². The molecule has 186 valence electrons. The Balaban J connectivity index is 1.16. The van der Waals surface area contributed by atoms with Crippen molar-refractivity contribution in [2.24, 2.45) is 5.92 Å². The molecule has 2 aliphatic rings. The number of alkyl halides is 3. The minimum absolute atomic E-state index is 0.0355. The Kier molecular flexibility index (Phi) is 8.08. The highest BCUT2D eigenvalue weighted by Crippen LogP contribution is 2.31. The van der Waals surface area contributed by atoms with Gasteiger partial charge in [0.1, 0.15) is 0 Å². The van der Waals surface area contributed by atoms with E-state index in [0.29, 0.717) is 11.5 Å². The van der Waals surface area contributed by atoms with Gasteiger partial charge in [-0.15, -0.1) is 0 Å². The highest BCUT2D eigenvalue weighted by molar-refractivity contribution is 7.13. The number of pyridine rings is 1. The van der Waals surface area contributed by atoms with Crippen molar-refractivity contribution in [2.75, 3.05) is 26.2 Å². The summed E-state index contributed by atoms with van der Waals surface area (Å²) >= 11 is 1.24. The van der Waals surface area contributed by atoms with Crippen molar-refractivity contribution < 1.29 is 22.7 Å². The van der Waals surface area contributed by atoms with E-state index in [4.69, 9.17) is 4.74 Å². The van der Waals surface area contributed by atoms with Crippen LogP contribution in [0, 0.1) is 12.8 Å². The molecule has 4 rings (SSSR count). The van der Waals surface area contributed by atoms with Crippen LogP contribution in [-0.2, 0) is 12.8 Å². The number of fused-ring (bicyclic) bond motifs is 1. The van der Waals surface area contributed by atoms with Crippen LogP contribution in [0.1, 0.15) is 58.7 Å². The maximum atomic E-state index is 12.5. The third kappa shape index (κ3) is 6.91. The quantitative estimate of drug-likeness (QED) is 0.609. The first kappa shape index (κ1) is 24.9. The second-order valence-electron chi connectivity index (χ2n) is 9.21. The maximum Gasteiger partial charge on any atom is 0.422 e. The van der Waals surface area contributed by atoms with Crippen LogP contribution in [0.4, 0.5) is 13.2 Å². The van der Waals surface area contributed by atoms with Crippen molar-refractivity contribution in [1.82, 2.24) is 20.2 Å². The van der Waals surface area contributed by atoms with Crippen molar-refractivity contribution in [3.05, 3.63) is 40.2 Å². The predicted molar refractivity (Wildman–Crippen MR) is 124 cm³/mol. The number of hydrogen-bond donors (Lipinski definition) is 1. The minimum atomic E-state index is -4.34. The Morgan fingerprint density at radius 1 is 1.24 bits per heavy atom. The van der Waals surface area contributed by atoms with E-state index in [1.54, 1.807) is 12.3 Å². The molecular weight excluding hydrogens is 465 g/mol. The lowest BCUT2D eigenvalue weighted by atomic mass is 9.84. The molecule has 10 heteroatoms. The molecule has 1 N–H and O–H groups in total. The molecule has 0 atom stereocenters. The molecule has 1 fully saturated rings. The molecular formula is C24H31F3N4O2S. The molecule has 1 amide bonds. The van der Waals surface area contributed by atoms with E-state index in [1.165, 1.54) is 11.3 Å². The zero-order chi connectivity index (χ0) is 24.1. The van der Waals surface area contributed by atoms with Gasteiger partial charge in [0.2, 0.25) is 0 Å². The summed E-state index contributed by atoms with van der Waals surface area (Å²) in [7, 11) is 0. The van der Waals surface area contributed by atoms with Crippen molar-refractivity contribution in [3.63, 3.8) is 0 Å². The molecule has 1 aliphatic heterocycles. The van der Waals surface area contributed by atoms with Crippen LogP contribution in [0.3, 0.4) is 0 Å². The fourth-order valence-electron chi connectivity index (χ4n) is 4.76. The van der Waals surface area contributed by atoms with Crippen LogP contribution in [0.25, 0.3) is 0 Å². The third-order valence-electron chi connectivity index (χ3n) is 6.72. The number of nitrogens with zero attached hydrogens (tertiary/aromatic N) is 3. The smallest absolute Gasteiger partial charge is 0.422 e. The lowest BCUT2D eigenvalue weighted by Crippen LogP contribution is -2.38. The van der Waals surface area contributed by atoms with E-state index in [0.717, 1.165) is 80.8 Å². The predicted octanol–water partition coefficient (Wildman–Crippen LogP) is 4.57. The molecule has 0 unspecified atom stereocenters. The summed E-state index contributed by atoms with van der Waals surface area (Å²) in [5.41, 5.74) is 2.28. The molecule has 0 spiro atoms. The highest BCUT2D eigenvalue weighted by atomic mass is 32.1. The SMILES string of the molecule is Cc1ncccc1C(=O)NC1CCC(CCN2CCc3nc(OCC(F)(F)F)sc3CC2)CC1. The van der Waals surface area contributed by atoms with Gasteiger partial charge in [0.25, 0.3) is 11.1 Å². The maximum absolute atomic E-state index is 12.5. The Morgan fingerprint density at radius 2 is 2.00 bits per heavy atom. The van der Waals surface area contributed by atoms with Crippen LogP contribution in [0.2, 0.25) is 0 Å². The summed E-state index contributed by atoms with van der Waals surface area (Å²) in [6.07, 6.45) is 4.24. The first-order valence-corrected chi connectivity index (χ1v) is 12.7. The second kappa shape index (κ2) is 11.0. The topological polar surface area (TPSA) is 67.4 Å². The zero-order valence-electron chi connectivity index (χ0n) is 19.4. The number of rotatable bonds is 7. The van der Waals surface area contributed by atoms with Crippen molar-refractivity contribution in [3.8, 4) is 5.19 Å². The molecule has 6 nitrogen and oxygen atoms in total. The molecule has 2 aromatic rings. The van der Waals surface area contributed by atoms with E-state index < -0.39 is 12.8 Å². The van der Waals surface area contributed by atoms with E-state index >= 15 is 0 Å². The number of nitrogens with one attached hydrogen (secondary N) is 1. The van der Waals surface area contributed by atoms with Gasteiger partial charge >= 0.3 is 6.18 Å². The fourth-order valence-corrected chi connectivity index (χ4v) is 5.71. The number of thiazole rings is 1. The van der Waals surface area contributed by atoms with E-state index in [-0.39, 0.29) is 17.1 Å². The van der Waals surface area contributed by atoms with E-state index in [1.807, 2.05) is 13.0 Å². The van der Waals surface area contributed by atoms with Crippen LogP contribution < -0.4 is 10.1 Å². The summed E-state index contributed by atoms with van der Waals surface area (Å²) in [5, 5.41) is 3.29. The number of aromatic nitrogens is 2. The lowest BCUT2D eigenvalue weighted by Gasteiger charge is -2.30. The largest absolute Gasteiger partial charge is 0.460 e. The molecule has 0 bridgehead atoms. The number of hydrogen-bond acceptors (Lipinski definition) is 6. The number of aryl methyl sites for hydroxylation is 1. The van der Waals surface area contributed by atoms with Crippen molar-refractivity contribution >= 4 is 17.2 Å². The van der Waals surface area contributed by atoms with Gasteiger partial charge in [0, 0.05) is 42.3 Å². The van der Waals surface area contributed by atoms with Crippen molar-refractivity contribution in [1.29, 1.82) is 0 Å². The van der Waals surface area contributed by atoms with Gasteiger partial charge < -0.3 is 15.0 Å². The molecule has 3 heterocycles. The van der Waals surface area contributed by atoms with Gasteiger partial charge in [-0.2, -0.15) is 13.2 Å². The molecule has 1 saturated carbocycles. The molecule has 2 aromatic heterocycles. The number of carbonyl (C=O) groups excluding carboxylic acids is 1. The summed E-state index contributed by atoms with van der Waals surface area (Å²) < 4.78 is 41.9. The number of halogens is 3. The Bertz CT molecular complexity index is 948. The van der Waals surface area contributed by atoms with Crippen LogP contribution >= 0.6 is 11.3 Å². The first-order valence-electron chi connectivity index (χ1n) is 11.9. The zero-order valence-corrected chi connectivity index (χ0v) is 20.2. The number of amides is 1. The van der Waals surface area contributed by atoms with E-state index in [2.05, 4.69) is 20.2 Å². The van der Waals surface area contributed by atoms with Gasteiger partial charge in [0.15, 0.2) is 6.61 Å². The monoisotopic (exact) mass is 496 g/mol. The lowest BCUT2D eigenvalue weighted by molar-refractivity contribution is -0.153. The fraction of sp³-hybridized carbons (Fsp3) is 0.625. The normalized spacial score (nSPS) is 21.5. The molecule has 34 heavy (non-hydrogen) atoms. The molecule has 0 radical (unpaired) electrons. The van der Waals surface area contributed by atoms with Crippen LogP contribution in [0.5, 0.6) is 5.19 Å². The van der Waals surface area contributed by atoms with Gasteiger partial charge in [-0.3, -0.25) is 9.78 Å². The molecule has 0 saturated heterocycles. The van der Waals surface area contributed by atoms with Crippen LogP contribution in [0.15, 0.2) is 18.3 Å². The summed E-state index contributed by atoms with van der Waals surface area (Å²) in [4.78, 5) is 24.5. The Morgan fingerprint density at radius 3 is 2.74 bits per heavy atom. The standard InChI is InChI=1S/C24H31F3N4O2S/c1-16-19(3-2-11-28-16)22(32)29-18-6-4-17(5-7-18)8-12-31-13-9-20-21(10-14-31)34-23(30-20)33-15-24(25,26)27/h2-3,11,17-18H,4-10,12-15H2,1H3,(H,29,32). The second-order valence-corrected chi connectivity index (χ2v) is 10.3. The van der Waals surface area contributed by atoms with Gasteiger partial charge in [0.05, 0.1) is 11.3 Å². The molecule has 1 aliphatic carbocycles. The number of carbonyl (C=O) groups is 1. The Labute approximate surface area is 201 Å². The highest BCUT2D eigenvalue weighted by Gasteiger charge is 2.30. The summed E-state index contributed by atoms with van der Waals surface area (Å²) in [5.74, 6) is 0.623. The average molecular weight is 497 g/mol. The van der Waals surface area contributed by atoms with Crippen molar-refractivity contribution in [2.45, 2.75) is 64.1 Å². The summed E-state index contributed by atoms with van der Waals surface area (Å²) in [6.45, 7) is 3.34. The van der Waals surface area contributed by atoms with Crippen LogP contribution in [-0.4, -0.2) is 59.2 Å². The summed E-state index contributed by atoms with van der Waals surface area (Å²) in [6, 6.07) is 3.82.